The van der Waals surface area contributed by atoms with E-state index in [4.69, 9.17) is 19.1 Å². The van der Waals surface area contributed by atoms with Gasteiger partial charge in [-0.1, -0.05) is 0 Å². The van der Waals surface area contributed by atoms with Gasteiger partial charge in [-0.05, 0) is 30.7 Å². The molecule has 0 amide bonds. The fourth-order valence-corrected chi connectivity index (χ4v) is 1.69. The molecule has 1 aromatic rings. The smallest absolute Gasteiger partial charge is 0.341 e. The monoisotopic (exact) mass is 290 g/mol. The van der Waals surface area contributed by atoms with Crippen LogP contribution in [0.15, 0.2) is 24.3 Å². The van der Waals surface area contributed by atoms with Crippen molar-refractivity contribution >= 4 is 16.1 Å². The molecule has 0 spiro atoms. The van der Waals surface area contributed by atoms with Crippen LogP contribution in [0.25, 0.3) is 0 Å². The minimum atomic E-state index is -3.96. The van der Waals surface area contributed by atoms with Gasteiger partial charge in [-0.15, -0.1) is 0 Å². The van der Waals surface area contributed by atoms with Crippen LogP contribution in [0.5, 0.6) is 11.5 Å². The molecule has 0 aliphatic heterocycles. The highest BCUT2D eigenvalue weighted by Crippen LogP contribution is 2.17. The quantitative estimate of drug-likeness (QED) is 0.538. The number of hydrogen-bond donors (Lipinski definition) is 2. The minimum Gasteiger partial charge on any atom is -0.494 e. The Balaban J connectivity index is 2.34. The van der Waals surface area contributed by atoms with Crippen molar-refractivity contribution in [3.8, 4) is 11.5 Å². The van der Waals surface area contributed by atoms with E-state index >= 15 is 0 Å². The van der Waals surface area contributed by atoms with Gasteiger partial charge in [0.15, 0.2) is 6.61 Å². The predicted molar refractivity (Wildman–Crippen MR) is 66.1 cm³/mol. The molecular formula is C11H14O7S. The maximum Gasteiger partial charge on any atom is 0.341 e. The summed E-state index contributed by atoms with van der Waals surface area (Å²) in [5.41, 5.74) is 0. The second-order valence-corrected chi connectivity index (χ2v) is 5.21. The van der Waals surface area contributed by atoms with Crippen molar-refractivity contribution in [2.75, 3.05) is 19.0 Å². The first-order valence-electron chi connectivity index (χ1n) is 5.39. The van der Waals surface area contributed by atoms with Crippen LogP contribution in [0.1, 0.15) is 6.42 Å². The lowest BCUT2D eigenvalue weighted by atomic mass is 10.3. The zero-order valence-electron chi connectivity index (χ0n) is 9.98. The van der Waals surface area contributed by atoms with Crippen LogP contribution in [-0.2, 0) is 14.9 Å². The van der Waals surface area contributed by atoms with E-state index in [0.717, 1.165) is 0 Å². The normalized spacial score (nSPS) is 11.0. The van der Waals surface area contributed by atoms with Gasteiger partial charge in [0, 0.05) is 0 Å². The summed E-state index contributed by atoms with van der Waals surface area (Å²) in [5.74, 6) is -0.525. The summed E-state index contributed by atoms with van der Waals surface area (Å²) >= 11 is 0. The summed E-state index contributed by atoms with van der Waals surface area (Å²) in [5, 5.41) is 8.42. The lowest BCUT2D eigenvalue weighted by Gasteiger charge is -2.07. The molecule has 2 N–H and O–H groups in total. The molecule has 0 saturated heterocycles. The molecule has 0 radical (unpaired) electrons. The highest BCUT2D eigenvalue weighted by atomic mass is 32.2. The highest BCUT2D eigenvalue weighted by Gasteiger charge is 2.04. The molecule has 7 nitrogen and oxygen atoms in total. The van der Waals surface area contributed by atoms with Gasteiger partial charge in [-0.25, -0.2) is 4.79 Å². The van der Waals surface area contributed by atoms with Crippen LogP contribution >= 0.6 is 0 Å². The molecule has 0 fully saturated rings. The summed E-state index contributed by atoms with van der Waals surface area (Å²) in [7, 11) is -3.96. The van der Waals surface area contributed by atoms with Crippen LogP contribution in [-0.4, -0.2) is 43.0 Å². The number of carbonyl (C=O) groups is 1. The largest absolute Gasteiger partial charge is 0.494 e. The van der Waals surface area contributed by atoms with E-state index in [2.05, 4.69) is 0 Å². The Morgan fingerprint density at radius 1 is 1.11 bits per heavy atom. The SMILES string of the molecule is O=C(O)COc1ccc(OCCCS(=O)(=O)O)cc1. The third-order valence-electron chi connectivity index (χ3n) is 2.00. The third-order valence-corrected chi connectivity index (χ3v) is 2.81. The van der Waals surface area contributed by atoms with E-state index in [1.807, 2.05) is 0 Å². The summed E-state index contributed by atoms with van der Waals surface area (Å²) in [6, 6.07) is 6.23. The molecule has 1 aromatic carbocycles. The van der Waals surface area contributed by atoms with Crippen LogP contribution in [0.4, 0.5) is 0 Å². The average molecular weight is 290 g/mol. The van der Waals surface area contributed by atoms with Crippen molar-refractivity contribution in [3.05, 3.63) is 24.3 Å². The Hall–Kier alpha value is -1.80. The molecule has 0 unspecified atom stereocenters. The van der Waals surface area contributed by atoms with Crippen molar-refractivity contribution < 1.29 is 32.3 Å². The topological polar surface area (TPSA) is 110 Å². The summed E-state index contributed by atoms with van der Waals surface area (Å²) in [6.45, 7) is -0.274. The summed E-state index contributed by atoms with van der Waals surface area (Å²) in [6.07, 6.45) is 0.177. The van der Waals surface area contributed by atoms with Crippen molar-refractivity contribution in [2.24, 2.45) is 0 Å². The first kappa shape index (κ1) is 15.3. The van der Waals surface area contributed by atoms with Crippen LogP contribution in [0.3, 0.4) is 0 Å². The lowest BCUT2D eigenvalue weighted by molar-refractivity contribution is -0.139. The first-order chi connectivity index (χ1) is 8.87. The Kier molecular flexibility index (Phi) is 5.58. The van der Waals surface area contributed by atoms with Gasteiger partial charge < -0.3 is 14.6 Å². The van der Waals surface area contributed by atoms with E-state index in [-0.39, 0.29) is 18.8 Å². The molecule has 1 rings (SSSR count). The number of hydrogen-bond acceptors (Lipinski definition) is 5. The van der Waals surface area contributed by atoms with Crippen molar-refractivity contribution in [1.82, 2.24) is 0 Å². The Labute approximate surface area is 110 Å². The van der Waals surface area contributed by atoms with E-state index in [1.54, 1.807) is 24.3 Å². The fraction of sp³-hybridized carbons (Fsp3) is 0.364. The van der Waals surface area contributed by atoms with Gasteiger partial charge in [-0.3, -0.25) is 4.55 Å². The summed E-state index contributed by atoms with van der Waals surface area (Å²) < 4.78 is 39.6. The molecule has 0 atom stereocenters. The second-order valence-electron chi connectivity index (χ2n) is 3.64. The maximum atomic E-state index is 10.4. The zero-order chi connectivity index (χ0) is 14.3. The molecule has 0 aliphatic rings. The molecule has 0 aliphatic carbocycles. The standard InChI is InChI=1S/C11H14O7S/c12-11(13)8-18-10-4-2-9(3-5-10)17-6-1-7-19(14,15)16/h2-5H,1,6-8H2,(H,12,13)(H,14,15,16). The summed E-state index contributed by atoms with van der Waals surface area (Å²) in [4.78, 5) is 10.3. The number of aliphatic carboxylic acids is 1. The van der Waals surface area contributed by atoms with Gasteiger partial charge in [0.05, 0.1) is 12.4 Å². The van der Waals surface area contributed by atoms with Crippen molar-refractivity contribution in [3.63, 3.8) is 0 Å². The van der Waals surface area contributed by atoms with Gasteiger partial charge >= 0.3 is 5.97 Å². The highest BCUT2D eigenvalue weighted by molar-refractivity contribution is 7.85. The molecule has 0 heterocycles. The maximum absolute atomic E-state index is 10.4. The van der Waals surface area contributed by atoms with E-state index in [0.29, 0.717) is 11.5 Å². The van der Waals surface area contributed by atoms with Crippen LogP contribution in [0.2, 0.25) is 0 Å². The molecule has 8 heteroatoms. The van der Waals surface area contributed by atoms with E-state index in [9.17, 15) is 13.2 Å². The average Bonchev–Trinajstić information content (AvgIpc) is 2.32. The Morgan fingerprint density at radius 3 is 2.11 bits per heavy atom. The number of carboxylic acids is 1. The van der Waals surface area contributed by atoms with E-state index < -0.39 is 22.7 Å². The molecule has 0 saturated carbocycles. The van der Waals surface area contributed by atoms with Gasteiger partial charge in [0.1, 0.15) is 11.5 Å². The number of carboxylic acid groups (broad SMARTS) is 1. The number of benzene rings is 1. The minimum absolute atomic E-state index is 0.148. The molecule has 0 aromatic heterocycles. The molecule has 106 valence electrons. The van der Waals surface area contributed by atoms with Gasteiger partial charge in [0.25, 0.3) is 10.1 Å². The van der Waals surface area contributed by atoms with E-state index in [1.165, 1.54) is 0 Å². The Morgan fingerprint density at radius 2 is 1.63 bits per heavy atom. The first-order valence-corrected chi connectivity index (χ1v) is 7.00. The number of ether oxygens (including phenoxy) is 2. The lowest BCUT2D eigenvalue weighted by Crippen LogP contribution is -2.09. The molecule has 0 bridgehead atoms. The zero-order valence-corrected chi connectivity index (χ0v) is 10.8. The van der Waals surface area contributed by atoms with Crippen LogP contribution in [0, 0.1) is 0 Å². The Bertz CT molecular complexity index is 506. The predicted octanol–water partition coefficient (Wildman–Crippen LogP) is 0.807. The van der Waals surface area contributed by atoms with Crippen molar-refractivity contribution in [1.29, 1.82) is 0 Å². The van der Waals surface area contributed by atoms with Gasteiger partial charge in [0.2, 0.25) is 0 Å². The van der Waals surface area contributed by atoms with Crippen molar-refractivity contribution in [2.45, 2.75) is 6.42 Å². The van der Waals surface area contributed by atoms with Gasteiger partial charge in [-0.2, -0.15) is 8.42 Å². The second kappa shape index (κ2) is 6.95. The molecular weight excluding hydrogens is 276 g/mol. The molecule has 19 heavy (non-hydrogen) atoms. The fourth-order valence-electron chi connectivity index (χ4n) is 1.21. The van der Waals surface area contributed by atoms with Crippen LogP contribution < -0.4 is 9.47 Å². The third kappa shape index (κ3) is 7.27. The number of rotatable bonds is 8.